The summed E-state index contributed by atoms with van der Waals surface area (Å²) in [6.45, 7) is 1.70. The Kier molecular flexibility index (Phi) is 6.95. The average molecular weight is 463 g/mol. The Bertz CT molecular complexity index is 970. The van der Waals surface area contributed by atoms with E-state index >= 15 is 8.78 Å². The van der Waals surface area contributed by atoms with Crippen LogP contribution in [-0.4, -0.2) is 54.6 Å². The molecule has 0 aromatic heterocycles. The molecule has 2 N–H and O–H groups in total. The predicted molar refractivity (Wildman–Crippen MR) is 118 cm³/mol. The van der Waals surface area contributed by atoms with Gasteiger partial charge in [-0.1, -0.05) is 30.3 Å². The highest BCUT2D eigenvalue weighted by atomic mass is 19.3. The van der Waals surface area contributed by atoms with Crippen molar-refractivity contribution >= 4 is 5.91 Å². The summed E-state index contributed by atoms with van der Waals surface area (Å²) in [5.74, 6) is -6.81. The van der Waals surface area contributed by atoms with Crippen molar-refractivity contribution in [3.05, 3.63) is 65.0 Å². The molecule has 0 bridgehead atoms. The molecule has 1 amide bonds. The summed E-state index contributed by atoms with van der Waals surface area (Å²) in [5.41, 5.74) is 1.85. The molecule has 1 fully saturated rings. The van der Waals surface area contributed by atoms with Gasteiger partial charge in [-0.15, -0.1) is 0 Å². The lowest BCUT2D eigenvalue weighted by molar-refractivity contribution is -0.155. The second-order valence-electron chi connectivity index (χ2n) is 8.92. The van der Waals surface area contributed by atoms with Crippen LogP contribution in [0.15, 0.2) is 42.5 Å². The molecule has 4 rings (SSSR count). The highest BCUT2D eigenvalue weighted by Crippen LogP contribution is 2.37. The van der Waals surface area contributed by atoms with Gasteiger partial charge in [-0.05, 0) is 67.6 Å². The first-order chi connectivity index (χ1) is 15.8. The molecule has 5 nitrogen and oxygen atoms in total. The first-order valence-corrected chi connectivity index (χ1v) is 11.3. The van der Waals surface area contributed by atoms with Crippen LogP contribution in [0.5, 0.6) is 5.75 Å². The van der Waals surface area contributed by atoms with E-state index in [4.69, 9.17) is 4.74 Å². The maximum atomic E-state index is 15.2. The number of hydrogen-bond acceptors (Lipinski definition) is 4. The minimum Gasteiger partial charge on any atom is -0.494 e. The Balaban J connectivity index is 1.52. The van der Waals surface area contributed by atoms with Crippen LogP contribution in [0.1, 0.15) is 35.6 Å². The summed E-state index contributed by atoms with van der Waals surface area (Å²) in [6.07, 6.45) is 0.820. The molecule has 2 aromatic carbocycles. The Morgan fingerprint density at radius 2 is 1.82 bits per heavy atom. The van der Waals surface area contributed by atoms with Crippen molar-refractivity contribution in [1.29, 1.82) is 0 Å². The zero-order valence-corrected chi connectivity index (χ0v) is 18.6. The van der Waals surface area contributed by atoms with Gasteiger partial charge in [-0.25, -0.2) is 4.39 Å². The summed E-state index contributed by atoms with van der Waals surface area (Å²) >= 11 is 0. The number of likely N-dealkylation sites (tertiary alicyclic amines) is 1. The molecule has 0 radical (unpaired) electrons. The van der Waals surface area contributed by atoms with Gasteiger partial charge in [-0.2, -0.15) is 8.78 Å². The molecule has 1 aliphatic heterocycles. The molecule has 2 aliphatic rings. The van der Waals surface area contributed by atoms with Gasteiger partial charge in [0.05, 0.1) is 13.2 Å². The van der Waals surface area contributed by atoms with Gasteiger partial charge in [0.15, 0.2) is 11.6 Å². The number of halogens is 3. The van der Waals surface area contributed by atoms with Gasteiger partial charge in [0, 0.05) is 12.5 Å². The van der Waals surface area contributed by atoms with Crippen LogP contribution in [-0.2, 0) is 17.6 Å². The highest BCUT2D eigenvalue weighted by molar-refractivity contribution is 5.84. The summed E-state index contributed by atoms with van der Waals surface area (Å²) < 4.78 is 49.5. The van der Waals surface area contributed by atoms with Crippen LogP contribution in [0.2, 0.25) is 0 Å². The number of hydrogen-bond donors (Lipinski definition) is 2. The monoisotopic (exact) mass is 462 g/mol. The first-order valence-electron chi connectivity index (χ1n) is 11.3. The van der Waals surface area contributed by atoms with E-state index in [-0.39, 0.29) is 30.7 Å². The zero-order valence-electron chi connectivity index (χ0n) is 18.6. The molecule has 0 spiro atoms. The molecule has 8 heteroatoms. The summed E-state index contributed by atoms with van der Waals surface area (Å²) in [5, 5.41) is 13.4. The molecular formula is C25H29F3N2O3. The molecule has 1 heterocycles. The van der Waals surface area contributed by atoms with Crippen LogP contribution in [0.4, 0.5) is 13.2 Å². The highest BCUT2D eigenvalue weighted by Gasteiger charge is 2.50. The Labute approximate surface area is 191 Å². The number of fused-ring (bicyclic) bond motifs is 1. The van der Waals surface area contributed by atoms with Crippen molar-refractivity contribution in [2.75, 3.05) is 26.7 Å². The van der Waals surface area contributed by atoms with Crippen molar-refractivity contribution in [3.63, 3.8) is 0 Å². The second-order valence-corrected chi connectivity index (χ2v) is 8.92. The van der Waals surface area contributed by atoms with Gasteiger partial charge < -0.3 is 20.1 Å². The van der Waals surface area contributed by atoms with Gasteiger partial charge in [-0.3, -0.25) is 4.79 Å². The number of carbonyl (C=O) groups excluding carboxylic acids is 1. The number of nitrogens with one attached hydrogen (secondary N) is 1. The van der Waals surface area contributed by atoms with E-state index < -0.39 is 35.7 Å². The SMILES string of the molecule is COc1ccc([C@H](O)[C@@H](CN2CCCC2)NC(=O)C(F)(F)C2Cc3ccccc3C2)cc1F. The number of ether oxygens (including phenoxy) is 1. The summed E-state index contributed by atoms with van der Waals surface area (Å²) in [7, 11) is 1.33. The van der Waals surface area contributed by atoms with Gasteiger partial charge in [0.2, 0.25) is 0 Å². The van der Waals surface area contributed by atoms with Gasteiger partial charge in [0.25, 0.3) is 5.91 Å². The molecule has 0 saturated carbocycles. The lowest BCUT2D eigenvalue weighted by Crippen LogP contribution is -2.54. The van der Waals surface area contributed by atoms with E-state index in [1.54, 1.807) is 12.1 Å². The van der Waals surface area contributed by atoms with Crippen LogP contribution in [0.3, 0.4) is 0 Å². The van der Waals surface area contributed by atoms with Crippen molar-refractivity contribution in [1.82, 2.24) is 10.2 Å². The fraction of sp³-hybridized carbons (Fsp3) is 0.480. The number of methoxy groups -OCH3 is 1. The van der Waals surface area contributed by atoms with Crippen LogP contribution in [0.25, 0.3) is 0 Å². The van der Waals surface area contributed by atoms with E-state index in [1.165, 1.54) is 19.2 Å². The third-order valence-electron chi connectivity index (χ3n) is 6.74. The van der Waals surface area contributed by atoms with Crippen molar-refractivity contribution in [2.45, 2.75) is 43.8 Å². The number of benzene rings is 2. The van der Waals surface area contributed by atoms with E-state index in [2.05, 4.69) is 5.32 Å². The lowest BCUT2D eigenvalue weighted by atomic mass is 9.95. The zero-order chi connectivity index (χ0) is 23.6. The molecule has 2 atom stereocenters. The van der Waals surface area contributed by atoms with Crippen LogP contribution in [0, 0.1) is 11.7 Å². The number of amides is 1. The van der Waals surface area contributed by atoms with Crippen molar-refractivity contribution in [3.8, 4) is 5.75 Å². The van der Waals surface area contributed by atoms with Crippen molar-refractivity contribution < 1.29 is 27.8 Å². The number of carbonyl (C=O) groups is 1. The maximum Gasteiger partial charge on any atom is 0.327 e. The molecular weight excluding hydrogens is 433 g/mol. The molecule has 0 unspecified atom stereocenters. The smallest absolute Gasteiger partial charge is 0.327 e. The van der Waals surface area contributed by atoms with Crippen LogP contribution >= 0.6 is 0 Å². The maximum absolute atomic E-state index is 15.2. The standard InChI is InChI=1S/C25H29F3N2O3/c1-33-22-9-8-18(14-20(22)26)23(31)21(15-30-10-4-5-11-30)29-24(32)25(27,28)19-12-16-6-2-3-7-17(16)13-19/h2-3,6-9,14,19,21,23,31H,4-5,10-13,15H2,1H3,(H,29,32)/t21-,23+/m1/s1. The minimum absolute atomic E-state index is 0.0124. The first kappa shape index (κ1) is 23.6. The number of aliphatic hydroxyl groups excluding tert-OH is 1. The lowest BCUT2D eigenvalue weighted by Gasteiger charge is -2.31. The molecule has 1 aliphatic carbocycles. The van der Waals surface area contributed by atoms with Gasteiger partial charge in [0.1, 0.15) is 6.10 Å². The van der Waals surface area contributed by atoms with Gasteiger partial charge >= 0.3 is 5.92 Å². The number of nitrogens with zero attached hydrogens (tertiary/aromatic N) is 1. The predicted octanol–water partition coefficient (Wildman–Crippen LogP) is 3.50. The normalized spacial score (nSPS) is 18.7. The largest absolute Gasteiger partial charge is 0.494 e. The quantitative estimate of drug-likeness (QED) is 0.631. The second kappa shape index (κ2) is 9.73. The summed E-state index contributed by atoms with van der Waals surface area (Å²) in [4.78, 5) is 14.8. The number of alkyl halides is 2. The Morgan fingerprint density at radius 1 is 1.18 bits per heavy atom. The van der Waals surface area contributed by atoms with Crippen LogP contribution < -0.4 is 10.1 Å². The minimum atomic E-state index is -3.60. The molecule has 33 heavy (non-hydrogen) atoms. The number of aliphatic hydroxyl groups is 1. The molecule has 1 saturated heterocycles. The fourth-order valence-electron chi connectivity index (χ4n) is 4.83. The Morgan fingerprint density at radius 3 is 2.39 bits per heavy atom. The fourth-order valence-corrected chi connectivity index (χ4v) is 4.83. The van der Waals surface area contributed by atoms with E-state index in [0.29, 0.717) is 0 Å². The molecule has 178 valence electrons. The number of rotatable bonds is 8. The van der Waals surface area contributed by atoms with E-state index in [0.717, 1.165) is 43.1 Å². The topological polar surface area (TPSA) is 61.8 Å². The van der Waals surface area contributed by atoms with E-state index in [9.17, 15) is 14.3 Å². The average Bonchev–Trinajstić information content (AvgIpc) is 3.48. The van der Waals surface area contributed by atoms with E-state index in [1.807, 2.05) is 17.0 Å². The third-order valence-corrected chi connectivity index (χ3v) is 6.74. The third kappa shape index (κ3) is 5.01. The molecule has 2 aromatic rings. The summed E-state index contributed by atoms with van der Waals surface area (Å²) in [6, 6.07) is 10.2. The van der Waals surface area contributed by atoms with Crippen molar-refractivity contribution in [2.24, 2.45) is 5.92 Å². The Hall–Kier alpha value is -2.58.